The molecular weight excluding hydrogens is 452 g/mol. The maximum atomic E-state index is 12.9. The minimum atomic E-state index is -1.04. The topological polar surface area (TPSA) is 136 Å². The van der Waals surface area contributed by atoms with Crippen molar-refractivity contribution in [3.8, 4) is 17.3 Å². The Hall–Kier alpha value is -3.76. The summed E-state index contributed by atoms with van der Waals surface area (Å²) in [4.78, 5) is 27.8. The number of tetrazole rings is 1. The molecule has 0 bridgehead atoms. The van der Waals surface area contributed by atoms with Crippen LogP contribution >= 0.6 is 0 Å². The predicted molar refractivity (Wildman–Crippen MR) is 124 cm³/mol. The summed E-state index contributed by atoms with van der Waals surface area (Å²) in [5.41, 5.74) is 0.516. The van der Waals surface area contributed by atoms with Crippen LogP contribution in [-0.4, -0.2) is 60.9 Å². The molecule has 1 spiro atoms. The lowest BCUT2D eigenvalue weighted by atomic mass is 9.81. The minimum Gasteiger partial charge on any atom is -0.486 e. The molecule has 2 aliphatic rings. The molecule has 0 aliphatic carbocycles. The van der Waals surface area contributed by atoms with Crippen molar-refractivity contribution in [1.82, 2.24) is 25.4 Å². The Morgan fingerprint density at radius 3 is 2.66 bits per heavy atom. The number of aromatic nitrogens is 5. The average molecular weight is 481 g/mol. The second-order valence-electron chi connectivity index (χ2n) is 10.4. The van der Waals surface area contributed by atoms with Gasteiger partial charge in [-0.2, -0.15) is 0 Å². The number of aryl methyl sites for hydroxylation is 1. The molecule has 2 aromatic heterocycles. The van der Waals surface area contributed by atoms with E-state index >= 15 is 0 Å². The molecule has 5 rings (SSSR count). The second-order valence-corrected chi connectivity index (χ2v) is 10.4. The Balaban J connectivity index is 1.29. The third-order valence-corrected chi connectivity index (χ3v) is 6.75. The smallest absolute Gasteiger partial charge is 0.331 e. The molecule has 0 radical (unpaired) electrons. The molecule has 184 valence electrons. The highest BCUT2D eigenvalue weighted by atomic mass is 16.5. The quantitative estimate of drug-likeness (QED) is 0.592. The van der Waals surface area contributed by atoms with Crippen LogP contribution in [0, 0.1) is 12.3 Å². The molecule has 1 unspecified atom stereocenters. The van der Waals surface area contributed by atoms with Gasteiger partial charge >= 0.3 is 5.97 Å². The summed E-state index contributed by atoms with van der Waals surface area (Å²) in [6.07, 6.45) is 1.72. The van der Waals surface area contributed by atoms with Crippen molar-refractivity contribution in [3.63, 3.8) is 0 Å². The molecule has 11 heteroatoms. The highest BCUT2D eigenvalue weighted by molar-refractivity contribution is 6.01. The van der Waals surface area contributed by atoms with E-state index in [1.54, 1.807) is 26.8 Å². The summed E-state index contributed by atoms with van der Waals surface area (Å²) in [6, 6.07) is 6.46. The lowest BCUT2D eigenvalue weighted by molar-refractivity contribution is -0.145. The highest BCUT2D eigenvalue weighted by Crippen LogP contribution is 2.41. The predicted octanol–water partition coefficient (Wildman–Crippen LogP) is 3.31. The van der Waals surface area contributed by atoms with Crippen molar-refractivity contribution < 1.29 is 24.0 Å². The Labute approximate surface area is 202 Å². The number of ketones is 1. The molecule has 3 aromatic rings. The Bertz CT molecular complexity index is 1280. The molecular formula is C24H28N6O5. The molecule has 1 N–H and O–H groups in total. The summed E-state index contributed by atoms with van der Waals surface area (Å²) in [6.45, 7) is 8.62. The van der Waals surface area contributed by atoms with Crippen molar-refractivity contribution >= 4 is 17.6 Å². The van der Waals surface area contributed by atoms with Gasteiger partial charge in [-0.3, -0.25) is 4.79 Å². The third kappa shape index (κ3) is 4.15. The summed E-state index contributed by atoms with van der Waals surface area (Å²) in [5.74, 6) is 0.852. The van der Waals surface area contributed by atoms with E-state index in [4.69, 9.17) is 9.26 Å². The van der Waals surface area contributed by atoms with Gasteiger partial charge in [-0.25, -0.2) is 4.79 Å². The fraction of sp³-hybridized carbons (Fsp3) is 0.500. The van der Waals surface area contributed by atoms with Gasteiger partial charge in [0.25, 0.3) is 0 Å². The molecule has 2 aliphatic heterocycles. The van der Waals surface area contributed by atoms with E-state index in [0.29, 0.717) is 55.2 Å². The number of benzene rings is 1. The number of carbonyl (C=O) groups excluding carboxylic acids is 1. The van der Waals surface area contributed by atoms with Crippen LogP contribution in [0.3, 0.4) is 0 Å². The number of hydrogen-bond donors (Lipinski definition) is 1. The first kappa shape index (κ1) is 23.0. The van der Waals surface area contributed by atoms with Gasteiger partial charge < -0.3 is 19.3 Å². The van der Waals surface area contributed by atoms with Crippen molar-refractivity contribution in [2.24, 2.45) is 5.41 Å². The number of ether oxygens (including phenoxy) is 1. The first-order valence-electron chi connectivity index (χ1n) is 11.6. The van der Waals surface area contributed by atoms with Gasteiger partial charge in [-0.05, 0) is 29.2 Å². The number of hydrogen-bond acceptors (Lipinski definition) is 9. The Morgan fingerprint density at radius 1 is 1.23 bits per heavy atom. The Morgan fingerprint density at radius 2 is 1.97 bits per heavy atom. The molecule has 35 heavy (non-hydrogen) atoms. The normalized spacial score (nSPS) is 18.3. The van der Waals surface area contributed by atoms with Crippen molar-refractivity contribution in [2.75, 3.05) is 18.0 Å². The summed E-state index contributed by atoms with van der Waals surface area (Å²) in [5, 5.41) is 25.9. The lowest BCUT2D eigenvalue weighted by Crippen LogP contribution is -2.51. The molecule has 1 atom stereocenters. The molecule has 0 amide bonds. The first-order chi connectivity index (χ1) is 16.6. The van der Waals surface area contributed by atoms with Gasteiger partial charge in [0.15, 0.2) is 17.6 Å². The SMILES string of the molecule is Cc1cccc2c1C(=O)CC1(CCN(c3cc(-c4nnn(C(C(=O)O)C(C)(C)C)n4)on3)CC1)O2. The number of carbonyl (C=O) groups is 2. The number of fused-ring (bicyclic) bond motifs is 1. The summed E-state index contributed by atoms with van der Waals surface area (Å²) in [7, 11) is 0. The van der Waals surface area contributed by atoms with E-state index in [-0.39, 0.29) is 11.6 Å². The number of Topliss-reactive ketones (excluding diaryl/α,β-unsaturated/α-hetero) is 1. The van der Waals surface area contributed by atoms with Gasteiger partial charge in [-0.1, -0.05) is 38.1 Å². The molecule has 1 aromatic carbocycles. The van der Waals surface area contributed by atoms with Crippen molar-refractivity contribution in [2.45, 2.75) is 58.6 Å². The number of aliphatic carboxylic acids is 1. The average Bonchev–Trinajstić information content (AvgIpc) is 3.43. The fourth-order valence-electron chi connectivity index (χ4n) is 4.92. The maximum Gasteiger partial charge on any atom is 0.331 e. The van der Waals surface area contributed by atoms with E-state index in [9.17, 15) is 14.7 Å². The number of piperidine rings is 1. The fourth-order valence-corrected chi connectivity index (χ4v) is 4.92. The first-order valence-corrected chi connectivity index (χ1v) is 11.6. The number of rotatable bonds is 4. The largest absolute Gasteiger partial charge is 0.486 e. The summed E-state index contributed by atoms with van der Waals surface area (Å²) < 4.78 is 11.8. The molecule has 11 nitrogen and oxygen atoms in total. The zero-order valence-corrected chi connectivity index (χ0v) is 20.2. The Kier molecular flexibility index (Phi) is 5.37. The second kappa shape index (κ2) is 8.17. The van der Waals surface area contributed by atoms with Crippen LogP contribution < -0.4 is 9.64 Å². The van der Waals surface area contributed by atoms with E-state index in [0.717, 1.165) is 10.4 Å². The number of carboxylic acids is 1. The molecule has 0 saturated carbocycles. The van der Waals surface area contributed by atoms with Gasteiger partial charge in [-0.15, -0.1) is 15.0 Å². The molecule has 4 heterocycles. The molecule has 1 fully saturated rings. The van der Waals surface area contributed by atoms with Crippen LogP contribution in [0.2, 0.25) is 0 Å². The van der Waals surface area contributed by atoms with Gasteiger partial charge in [0.05, 0.1) is 12.0 Å². The minimum absolute atomic E-state index is 0.130. The monoisotopic (exact) mass is 480 g/mol. The van der Waals surface area contributed by atoms with Crippen LogP contribution in [0.1, 0.15) is 62.0 Å². The maximum absolute atomic E-state index is 12.9. The standard InChI is InChI=1S/C24H28N6O5/c1-14-6-5-7-16-19(14)15(31)13-24(34-16)8-10-29(11-9-24)18-12-17(35-27-18)21-25-28-30(26-21)20(22(32)33)23(2,3)4/h5-7,12,20H,8-11,13H2,1-4H3,(H,32,33). The number of carboxylic acid groups (broad SMARTS) is 1. The van der Waals surface area contributed by atoms with Gasteiger partial charge in [0, 0.05) is 32.0 Å². The van der Waals surface area contributed by atoms with Gasteiger partial charge in [0.2, 0.25) is 11.6 Å². The van der Waals surface area contributed by atoms with Crippen LogP contribution in [-0.2, 0) is 4.79 Å². The van der Waals surface area contributed by atoms with E-state index in [1.165, 1.54) is 0 Å². The van der Waals surface area contributed by atoms with E-state index in [1.807, 2.05) is 25.1 Å². The zero-order valence-electron chi connectivity index (χ0n) is 20.2. The third-order valence-electron chi connectivity index (χ3n) is 6.75. The van der Waals surface area contributed by atoms with Crippen molar-refractivity contribution in [1.29, 1.82) is 0 Å². The van der Waals surface area contributed by atoms with E-state index in [2.05, 4.69) is 25.5 Å². The van der Waals surface area contributed by atoms with Crippen LogP contribution in [0.4, 0.5) is 5.82 Å². The molecule has 1 saturated heterocycles. The van der Waals surface area contributed by atoms with Crippen LogP contribution in [0.15, 0.2) is 28.8 Å². The lowest BCUT2D eigenvalue weighted by Gasteiger charge is -2.44. The number of anilines is 1. The zero-order chi connectivity index (χ0) is 25.0. The van der Waals surface area contributed by atoms with Crippen LogP contribution in [0.25, 0.3) is 11.6 Å². The van der Waals surface area contributed by atoms with E-state index < -0.39 is 23.0 Å². The number of nitrogens with zero attached hydrogens (tertiary/aromatic N) is 6. The van der Waals surface area contributed by atoms with Gasteiger partial charge in [0.1, 0.15) is 11.4 Å². The van der Waals surface area contributed by atoms with Crippen molar-refractivity contribution in [3.05, 3.63) is 35.4 Å². The summed E-state index contributed by atoms with van der Waals surface area (Å²) >= 11 is 0. The van der Waals surface area contributed by atoms with Crippen LogP contribution in [0.5, 0.6) is 5.75 Å². The highest BCUT2D eigenvalue weighted by Gasteiger charge is 2.44.